The van der Waals surface area contributed by atoms with E-state index in [9.17, 15) is 4.79 Å². The smallest absolute Gasteiger partial charge is 0.267 e. The Kier molecular flexibility index (Phi) is 6.41. The van der Waals surface area contributed by atoms with Gasteiger partial charge in [-0.2, -0.15) is 5.10 Å². The molecule has 4 nitrogen and oxygen atoms in total. The van der Waals surface area contributed by atoms with Gasteiger partial charge in [-0.25, -0.2) is 10.4 Å². The van der Waals surface area contributed by atoms with Gasteiger partial charge in [0.2, 0.25) is 0 Å². The summed E-state index contributed by atoms with van der Waals surface area (Å²) in [4.78, 5) is 17.8. The van der Waals surface area contributed by atoms with Crippen molar-refractivity contribution in [3.05, 3.63) is 102 Å². The van der Waals surface area contributed by atoms with Gasteiger partial charge in [0.15, 0.2) is 0 Å². The minimum Gasteiger partial charge on any atom is -0.267 e. The van der Waals surface area contributed by atoms with Crippen LogP contribution in [0, 0.1) is 0 Å². The molecule has 0 radical (unpaired) electrons. The number of nitrogens with one attached hydrogen (secondary N) is 1. The monoisotopic (exact) mass is 421 g/mol. The highest BCUT2D eigenvalue weighted by atomic mass is 16.2. The molecule has 3 aromatic carbocycles. The summed E-state index contributed by atoms with van der Waals surface area (Å²) in [5, 5.41) is 5.02. The zero-order valence-electron chi connectivity index (χ0n) is 18.6. The second-order valence-electron chi connectivity index (χ2n) is 8.27. The standard InChI is InChI=1S/C28H27N3O/c1-19(2)21-13-15-23(16-14-21)27-17-25(24-11-7-8-12-26(24)30-27)28(32)31-29-18-20(3)22-9-5-4-6-10-22/h4-20H,1-3H3,(H,31,32)/b29-18-/t20-/m0/s1. The van der Waals surface area contributed by atoms with Crippen molar-refractivity contribution in [2.45, 2.75) is 32.6 Å². The quantitative estimate of drug-likeness (QED) is 0.284. The molecule has 4 heteroatoms. The van der Waals surface area contributed by atoms with Crippen LogP contribution >= 0.6 is 0 Å². The molecule has 0 saturated carbocycles. The molecule has 0 saturated heterocycles. The largest absolute Gasteiger partial charge is 0.272 e. The van der Waals surface area contributed by atoms with Crippen LogP contribution in [-0.4, -0.2) is 17.1 Å². The Balaban J connectivity index is 1.62. The average Bonchev–Trinajstić information content (AvgIpc) is 2.83. The molecule has 1 N–H and O–H groups in total. The van der Waals surface area contributed by atoms with Gasteiger partial charge in [0.05, 0.1) is 16.8 Å². The summed E-state index contributed by atoms with van der Waals surface area (Å²) in [6.07, 6.45) is 1.75. The van der Waals surface area contributed by atoms with Crippen LogP contribution in [0.5, 0.6) is 0 Å². The number of benzene rings is 3. The molecule has 160 valence electrons. The second kappa shape index (κ2) is 9.56. The number of amides is 1. The molecule has 0 aliphatic carbocycles. The number of hydrogen-bond acceptors (Lipinski definition) is 3. The van der Waals surface area contributed by atoms with Crippen molar-refractivity contribution in [3.63, 3.8) is 0 Å². The zero-order valence-corrected chi connectivity index (χ0v) is 18.6. The number of aromatic nitrogens is 1. The van der Waals surface area contributed by atoms with E-state index in [0.717, 1.165) is 27.7 Å². The third-order valence-electron chi connectivity index (χ3n) is 5.62. The van der Waals surface area contributed by atoms with Crippen molar-refractivity contribution < 1.29 is 4.79 Å². The number of rotatable bonds is 6. The summed E-state index contributed by atoms with van der Waals surface area (Å²) in [5.74, 6) is 0.312. The molecular formula is C28H27N3O. The third kappa shape index (κ3) is 4.75. The SMILES string of the molecule is CC(C)c1ccc(-c2cc(C(=O)N/N=C\[C@H](C)c3ccccc3)c3ccccc3n2)cc1. The maximum Gasteiger partial charge on any atom is 0.272 e. The number of nitrogens with zero attached hydrogens (tertiary/aromatic N) is 2. The number of hydrogen-bond donors (Lipinski definition) is 1. The van der Waals surface area contributed by atoms with E-state index in [0.29, 0.717) is 11.5 Å². The summed E-state index contributed by atoms with van der Waals surface area (Å²) < 4.78 is 0. The number of pyridine rings is 1. The molecule has 1 amide bonds. The topological polar surface area (TPSA) is 54.4 Å². The lowest BCUT2D eigenvalue weighted by Crippen LogP contribution is -2.19. The first-order valence-electron chi connectivity index (χ1n) is 10.9. The molecule has 0 spiro atoms. The molecule has 1 heterocycles. The Hall–Kier alpha value is -3.79. The Labute approximate surface area is 189 Å². The third-order valence-corrected chi connectivity index (χ3v) is 5.62. The first-order chi connectivity index (χ1) is 15.5. The summed E-state index contributed by atoms with van der Waals surface area (Å²) in [6, 6.07) is 28.0. The first kappa shape index (κ1) is 21.4. The van der Waals surface area contributed by atoms with Crippen LogP contribution in [0.3, 0.4) is 0 Å². The Bertz CT molecular complexity index is 1240. The van der Waals surface area contributed by atoms with Gasteiger partial charge in [0.1, 0.15) is 0 Å². The fourth-order valence-corrected chi connectivity index (χ4v) is 3.66. The summed E-state index contributed by atoms with van der Waals surface area (Å²) in [6.45, 7) is 6.39. The maximum atomic E-state index is 13.1. The molecule has 0 bridgehead atoms. The van der Waals surface area contributed by atoms with Gasteiger partial charge in [-0.3, -0.25) is 4.79 Å². The van der Waals surface area contributed by atoms with Crippen LogP contribution in [-0.2, 0) is 0 Å². The van der Waals surface area contributed by atoms with E-state index >= 15 is 0 Å². The number of para-hydroxylation sites is 1. The van der Waals surface area contributed by atoms with Gasteiger partial charge in [-0.1, -0.05) is 93.6 Å². The lowest BCUT2D eigenvalue weighted by molar-refractivity contribution is 0.0956. The highest BCUT2D eigenvalue weighted by molar-refractivity contribution is 6.07. The van der Waals surface area contributed by atoms with E-state index < -0.39 is 0 Å². The molecule has 0 aliphatic heterocycles. The number of carbonyl (C=O) groups excluding carboxylic acids is 1. The van der Waals surface area contributed by atoms with E-state index in [4.69, 9.17) is 4.98 Å². The van der Waals surface area contributed by atoms with E-state index in [2.05, 4.69) is 48.6 Å². The fraction of sp³-hybridized carbons (Fsp3) is 0.179. The van der Waals surface area contributed by atoms with Gasteiger partial charge < -0.3 is 0 Å². The first-order valence-corrected chi connectivity index (χ1v) is 10.9. The predicted molar refractivity (Wildman–Crippen MR) is 132 cm³/mol. The van der Waals surface area contributed by atoms with Gasteiger partial charge in [0, 0.05) is 23.1 Å². The molecule has 0 aliphatic rings. The number of hydrazone groups is 1. The van der Waals surface area contributed by atoms with Gasteiger partial charge in [-0.15, -0.1) is 0 Å². The molecule has 1 aromatic heterocycles. The van der Waals surface area contributed by atoms with Crippen LogP contribution < -0.4 is 5.43 Å². The summed E-state index contributed by atoms with van der Waals surface area (Å²) in [5.41, 5.74) is 8.21. The summed E-state index contributed by atoms with van der Waals surface area (Å²) >= 11 is 0. The van der Waals surface area contributed by atoms with Crippen molar-refractivity contribution in [2.75, 3.05) is 0 Å². The fourth-order valence-electron chi connectivity index (χ4n) is 3.66. The van der Waals surface area contributed by atoms with Crippen LogP contribution in [0.25, 0.3) is 22.2 Å². The van der Waals surface area contributed by atoms with Crippen LogP contribution in [0.2, 0.25) is 0 Å². The van der Waals surface area contributed by atoms with E-state index in [-0.39, 0.29) is 11.8 Å². The second-order valence-corrected chi connectivity index (χ2v) is 8.27. The van der Waals surface area contributed by atoms with Crippen LogP contribution in [0.15, 0.2) is 90.0 Å². The lowest BCUT2D eigenvalue weighted by atomic mass is 9.99. The molecule has 32 heavy (non-hydrogen) atoms. The minimum absolute atomic E-state index is 0.0979. The molecule has 1 atom stereocenters. The Morgan fingerprint density at radius 3 is 2.28 bits per heavy atom. The molecule has 4 rings (SSSR count). The van der Waals surface area contributed by atoms with Gasteiger partial charge in [-0.05, 0) is 29.2 Å². The van der Waals surface area contributed by atoms with Gasteiger partial charge in [0.25, 0.3) is 5.91 Å². The maximum absolute atomic E-state index is 13.1. The van der Waals surface area contributed by atoms with Crippen molar-refractivity contribution in [1.29, 1.82) is 0 Å². The Morgan fingerprint density at radius 2 is 1.56 bits per heavy atom. The number of fused-ring (bicyclic) bond motifs is 1. The lowest BCUT2D eigenvalue weighted by Gasteiger charge is -2.11. The van der Waals surface area contributed by atoms with Crippen LogP contribution in [0.1, 0.15) is 54.1 Å². The van der Waals surface area contributed by atoms with Crippen LogP contribution in [0.4, 0.5) is 0 Å². The molecule has 4 aromatic rings. The number of carbonyl (C=O) groups is 1. The summed E-state index contributed by atoms with van der Waals surface area (Å²) in [7, 11) is 0. The highest BCUT2D eigenvalue weighted by Crippen LogP contribution is 2.26. The normalized spacial score (nSPS) is 12.4. The molecule has 0 fully saturated rings. The average molecular weight is 422 g/mol. The van der Waals surface area contributed by atoms with Crippen molar-refractivity contribution >= 4 is 23.0 Å². The van der Waals surface area contributed by atoms with Crippen molar-refractivity contribution in [2.24, 2.45) is 5.10 Å². The molecule has 0 unspecified atom stereocenters. The van der Waals surface area contributed by atoms with E-state index in [1.54, 1.807) is 6.21 Å². The Morgan fingerprint density at radius 1 is 0.875 bits per heavy atom. The minimum atomic E-state index is -0.250. The van der Waals surface area contributed by atoms with Crippen molar-refractivity contribution in [1.82, 2.24) is 10.4 Å². The highest BCUT2D eigenvalue weighted by Gasteiger charge is 2.14. The van der Waals surface area contributed by atoms with Gasteiger partial charge >= 0.3 is 0 Å². The van der Waals surface area contributed by atoms with E-state index in [1.165, 1.54) is 5.56 Å². The predicted octanol–water partition coefficient (Wildman–Crippen LogP) is 6.54. The zero-order chi connectivity index (χ0) is 22.5. The van der Waals surface area contributed by atoms with Crippen molar-refractivity contribution in [3.8, 4) is 11.3 Å². The molecular weight excluding hydrogens is 394 g/mol. The van der Waals surface area contributed by atoms with E-state index in [1.807, 2.05) is 67.6 Å².